The predicted molar refractivity (Wildman–Crippen MR) is 309 cm³/mol. The van der Waals surface area contributed by atoms with E-state index in [-0.39, 0.29) is 12.5 Å². The molecule has 0 fully saturated rings. The summed E-state index contributed by atoms with van der Waals surface area (Å²) in [7, 11) is 0. The molecule has 2 unspecified atom stereocenters. The minimum Gasteiger partial charge on any atom is -0.394 e. The van der Waals surface area contributed by atoms with Crippen LogP contribution < -0.4 is 5.32 Å². The van der Waals surface area contributed by atoms with E-state index in [0.717, 1.165) is 25.7 Å². The van der Waals surface area contributed by atoms with Crippen LogP contribution in [0.2, 0.25) is 0 Å². The third kappa shape index (κ3) is 58.2. The SMILES string of the molecule is CCCCCCCCCCCCCCCCCCCCCCCCCCCCCCCC(O)C(CO)NC(=O)CCCCCCCCCCCCCCCCCCCCCCCCCCCCCC. The van der Waals surface area contributed by atoms with Crippen molar-refractivity contribution in [3.63, 3.8) is 0 Å². The fourth-order valence-corrected chi connectivity index (χ4v) is 10.9. The molecular formula is C65H131NO3. The lowest BCUT2D eigenvalue weighted by Gasteiger charge is -2.22. The van der Waals surface area contributed by atoms with Crippen LogP contribution in [0.1, 0.15) is 393 Å². The Morgan fingerprint density at radius 3 is 0.652 bits per heavy atom. The Labute approximate surface area is 435 Å². The van der Waals surface area contributed by atoms with Crippen molar-refractivity contribution in [2.75, 3.05) is 6.61 Å². The molecule has 0 aliphatic heterocycles. The summed E-state index contributed by atoms with van der Waals surface area (Å²) in [4.78, 5) is 12.5. The number of hydrogen-bond acceptors (Lipinski definition) is 3. The summed E-state index contributed by atoms with van der Waals surface area (Å²) < 4.78 is 0. The van der Waals surface area contributed by atoms with Gasteiger partial charge in [-0.05, 0) is 12.8 Å². The van der Waals surface area contributed by atoms with Crippen molar-refractivity contribution in [2.24, 2.45) is 0 Å². The minimum atomic E-state index is -0.656. The van der Waals surface area contributed by atoms with Crippen molar-refractivity contribution in [1.82, 2.24) is 5.32 Å². The Morgan fingerprint density at radius 2 is 0.464 bits per heavy atom. The fourth-order valence-electron chi connectivity index (χ4n) is 10.9. The highest BCUT2D eigenvalue weighted by Crippen LogP contribution is 2.20. The summed E-state index contributed by atoms with van der Waals surface area (Å²) in [5, 5.41) is 23.4. The van der Waals surface area contributed by atoms with Crippen LogP contribution in [0.25, 0.3) is 0 Å². The highest BCUT2D eigenvalue weighted by Gasteiger charge is 2.20. The molecule has 0 aliphatic rings. The van der Waals surface area contributed by atoms with E-state index in [1.54, 1.807) is 0 Å². The maximum atomic E-state index is 12.5. The van der Waals surface area contributed by atoms with Crippen LogP contribution in [0.3, 0.4) is 0 Å². The second kappa shape index (κ2) is 61.7. The molecule has 0 heterocycles. The summed E-state index contributed by atoms with van der Waals surface area (Å²) >= 11 is 0. The number of rotatable bonds is 62. The molecule has 1 amide bonds. The van der Waals surface area contributed by atoms with Crippen molar-refractivity contribution >= 4 is 5.91 Å². The van der Waals surface area contributed by atoms with Gasteiger partial charge in [-0.3, -0.25) is 4.79 Å². The van der Waals surface area contributed by atoms with E-state index < -0.39 is 12.1 Å². The van der Waals surface area contributed by atoms with Crippen LogP contribution in [0, 0.1) is 0 Å². The first-order valence-corrected chi connectivity index (χ1v) is 32.7. The van der Waals surface area contributed by atoms with Gasteiger partial charge < -0.3 is 15.5 Å². The monoisotopic (exact) mass is 974 g/mol. The quantitative estimate of drug-likeness (QED) is 0.0532. The first-order valence-electron chi connectivity index (χ1n) is 32.7. The van der Waals surface area contributed by atoms with E-state index in [1.807, 2.05) is 0 Å². The van der Waals surface area contributed by atoms with Crippen molar-refractivity contribution in [3.05, 3.63) is 0 Å². The maximum absolute atomic E-state index is 12.5. The van der Waals surface area contributed by atoms with Crippen molar-refractivity contribution in [3.8, 4) is 0 Å². The van der Waals surface area contributed by atoms with Crippen LogP contribution in [0.15, 0.2) is 0 Å². The van der Waals surface area contributed by atoms with Gasteiger partial charge >= 0.3 is 0 Å². The molecular weight excluding hydrogens is 843 g/mol. The van der Waals surface area contributed by atoms with Gasteiger partial charge in [-0.2, -0.15) is 0 Å². The molecule has 0 saturated carbocycles. The molecule has 0 bridgehead atoms. The number of amides is 1. The number of carbonyl (C=O) groups excluding carboxylic acids is 1. The topological polar surface area (TPSA) is 69.6 Å². The van der Waals surface area contributed by atoms with E-state index in [1.165, 1.54) is 340 Å². The summed E-state index contributed by atoms with van der Waals surface area (Å²) in [5.41, 5.74) is 0. The summed E-state index contributed by atoms with van der Waals surface area (Å²) in [6.45, 7) is 4.42. The second-order valence-electron chi connectivity index (χ2n) is 22.9. The number of unbranched alkanes of at least 4 members (excludes halogenated alkanes) is 55. The molecule has 3 N–H and O–H groups in total. The fraction of sp³-hybridized carbons (Fsp3) is 0.985. The van der Waals surface area contributed by atoms with Gasteiger partial charge in [0.15, 0.2) is 0 Å². The molecule has 0 rings (SSSR count). The smallest absolute Gasteiger partial charge is 0.220 e. The molecule has 2 atom stereocenters. The average Bonchev–Trinajstić information content (AvgIpc) is 3.35. The molecule has 414 valence electrons. The zero-order valence-electron chi connectivity index (χ0n) is 47.9. The molecule has 0 aromatic heterocycles. The third-order valence-corrected chi connectivity index (χ3v) is 15.9. The number of nitrogens with one attached hydrogen (secondary N) is 1. The molecule has 0 saturated heterocycles. The van der Waals surface area contributed by atoms with Gasteiger partial charge in [0.25, 0.3) is 0 Å². The average molecular weight is 975 g/mol. The number of aliphatic hydroxyl groups excluding tert-OH is 2. The van der Waals surface area contributed by atoms with Crippen molar-refractivity contribution in [1.29, 1.82) is 0 Å². The Kier molecular flexibility index (Phi) is 61.1. The van der Waals surface area contributed by atoms with Gasteiger partial charge in [0.05, 0.1) is 18.8 Å². The lowest BCUT2D eigenvalue weighted by atomic mass is 10.0. The lowest BCUT2D eigenvalue weighted by molar-refractivity contribution is -0.123. The Hall–Kier alpha value is -0.610. The molecule has 0 aromatic rings. The van der Waals surface area contributed by atoms with Gasteiger partial charge in [-0.15, -0.1) is 0 Å². The Morgan fingerprint density at radius 1 is 0.290 bits per heavy atom. The molecule has 0 aliphatic carbocycles. The van der Waals surface area contributed by atoms with E-state index in [9.17, 15) is 15.0 Å². The van der Waals surface area contributed by atoms with E-state index in [2.05, 4.69) is 19.2 Å². The highest BCUT2D eigenvalue weighted by molar-refractivity contribution is 5.76. The summed E-state index contributed by atoms with van der Waals surface area (Å²) in [6.07, 6.45) is 80.0. The molecule has 69 heavy (non-hydrogen) atoms. The van der Waals surface area contributed by atoms with Gasteiger partial charge in [-0.25, -0.2) is 0 Å². The molecule has 0 aromatic carbocycles. The molecule has 4 heteroatoms. The summed E-state index contributed by atoms with van der Waals surface area (Å²) in [6, 6.07) is -0.532. The third-order valence-electron chi connectivity index (χ3n) is 15.9. The molecule has 0 spiro atoms. The van der Waals surface area contributed by atoms with Crippen LogP contribution in [0.5, 0.6) is 0 Å². The zero-order chi connectivity index (χ0) is 49.9. The molecule has 0 radical (unpaired) electrons. The van der Waals surface area contributed by atoms with Crippen LogP contribution in [-0.2, 0) is 4.79 Å². The minimum absolute atomic E-state index is 0.0199. The number of aliphatic hydroxyl groups is 2. The lowest BCUT2D eigenvalue weighted by Crippen LogP contribution is -2.45. The standard InChI is InChI=1S/C65H131NO3/c1-3-5-7-9-11-13-15-17-19-21-23-25-27-29-31-33-34-36-38-40-42-44-46-48-50-52-54-56-58-60-64(68)63(62-67)66-65(69)61-59-57-55-53-51-49-47-45-43-41-39-37-35-32-30-28-26-24-22-20-18-16-14-12-10-8-6-4-2/h63-64,67-68H,3-62H2,1-2H3,(H,66,69). The van der Waals surface area contributed by atoms with Crippen LogP contribution >= 0.6 is 0 Å². The van der Waals surface area contributed by atoms with Gasteiger partial charge in [0.2, 0.25) is 5.91 Å². The van der Waals surface area contributed by atoms with Crippen molar-refractivity contribution in [2.45, 2.75) is 405 Å². The Bertz CT molecular complexity index is 925. The van der Waals surface area contributed by atoms with E-state index >= 15 is 0 Å². The first-order chi connectivity index (χ1) is 34.2. The molecule has 4 nitrogen and oxygen atoms in total. The van der Waals surface area contributed by atoms with E-state index in [0.29, 0.717) is 12.8 Å². The normalized spacial score (nSPS) is 12.6. The number of carbonyl (C=O) groups is 1. The Balaban J connectivity index is 3.37. The van der Waals surface area contributed by atoms with Crippen LogP contribution in [0.4, 0.5) is 0 Å². The van der Waals surface area contributed by atoms with Gasteiger partial charge in [0, 0.05) is 6.42 Å². The largest absolute Gasteiger partial charge is 0.394 e. The summed E-state index contributed by atoms with van der Waals surface area (Å²) in [5.74, 6) is -0.0199. The highest BCUT2D eigenvalue weighted by atomic mass is 16.3. The van der Waals surface area contributed by atoms with Crippen molar-refractivity contribution < 1.29 is 15.0 Å². The van der Waals surface area contributed by atoms with Crippen LogP contribution in [-0.4, -0.2) is 34.9 Å². The number of hydrogen-bond donors (Lipinski definition) is 3. The second-order valence-corrected chi connectivity index (χ2v) is 22.9. The maximum Gasteiger partial charge on any atom is 0.220 e. The zero-order valence-corrected chi connectivity index (χ0v) is 47.9. The first kappa shape index (κ1) is 68.4. The van der Waals surface area contributed by atoms with E-state index in [4.69, 9.17) is 0 Å². The van der Waals surface area contributed by atoms with Gasteiger partial charge in [-0.1, -0.05) is 373 Å². The van der Waals surface area contributed by atoms with Gasteiger partial charge in [0.1, 0.15) is 0 Å². The predicted octanol–water partition coefficient (Wildman–Crippen LogP) is 21.9.